The van der Waals surface area contributed by atoms with E-state index in [4.69, 9.17) is 21.1 Å². The second kappa shape index (κ2) is 10.4. The zero-order valence-electron chi connectivity index (χ0n) is 15.4. The third kappa shape index (κ3) is 7.19. The summed E-state index contributed by atoms with van der Waals surface area (Å²) < 4.78 is 10.5. The van der Waals surface area contributed by atoms with Gasteiger partial charge in [0.25, 0.3) is 0 Å². The van der Waals surface area contributed by atoms with Crippen LogP contribution in [0.2, 0.25) is 0 Å². The smallest absolute Gasteiger partial charge is 0.415 e. The highest BCUT2D eigenvalue weighted by Crippen LogP contribution is 2.19. The minimum atomic E-state index is -0.568. The number of benzene rings is 2. The number of alkyl halides is 1. The maximum Gasteiger partial charge on any atom is 0.415 e. The Labute approximate surface area is 164 Å². The van der Waals surface area contributed by atoms with Crippen LogP contribution < -0.4 is 10.1 Å². The van der Waals surface area contributed by atoms with E-state index < -0.39 is 12.2 Å². The number of nitrogens with one attached hydrogen (secondary N) is 1. The molecule has 0 aromatic heterocycles. The van der Waals surface area contributed by atoms with Crippen molar-refractivity contribution in [2.75, 3.05) is 17.7 Å². The second-order valence-corrected chi connectivity index (χ2v) is 6.45. The van der Waals surface area contributed by atoms with Crippen LogP contribution in [-0.4, -0.2) is 35.6 Å². The highest BCUT2D eigenvalue weighted by Gasteiger charge is 2.16. The van der Waals surface area contributed by atoms with Gasteiger partial charge in [0.15, 0.2) is 0 Å². The molecule has 0 spiro atoms. The Morgan fingerprint density at radius 2 is 1.85 bits per heavy atom. The van der Waals surface area contributed by atoms with Crippen LogP contribution in [-0.2, 0) is 11.3 Å². The molecule has 0 atom stereocenters. The van der Waals surface area contributed by atoms with Gasteiger partial charge in [-0.05, 0) is 31.5 Å². The summed E-state index contributed by atoms with van der Waals surface area (Å²) in [4.78, 5) is 25.7. The molecule has 0 aliphatic carbocycles. The van der Waals surface area contributed by atoms with Gasteiger partial charge in [0.2, 0.25) is 0 Å². The molecule has 0 bridgehead atoms. The fourth-order valence-electron chi connectivity index (χ4n) is 2.30. The predicted molar refractivity (Wildman–Crippen MR) is 105 cm³/mol. The minimum absolute atomic E-state index is 0.229. The van der Waals surface area contributed by atoms with Crippen molar-refractivity contribution < 1.29 is 19.1 Å². The first-order valence-electron chi connectivity index (χ1n) is 8.62. The number of halogens is 1. The van der Waals surface area contributed by atoms with Crippen LogP contribution in [0.5, 0.6) is 5.75 Å². The van der Waals surface area contributed by atoms with E-state index in [1.165, 1.54) is 4.90 Å². The SMILES string of the molecule is CC(C)OC(=O)Nc1cccc(OC(=O)N(CCCl)Cc2ccccc2)c1. The summed E-state index contributed by atoms with van der Waals surface area (Å²) in [6.07, 6.45) is -1.31. The van der Waals surface area contributed by atoms with E-state index in [1.807, 2.05) is 30.3 Å². The van der Waals surface area contributed by atoms with E-state index in [-0.39, 0.29) is 6.10 Å². The van der Waals surface area contributed by atoms with Crippen molar-refractivity contribution in [1.29, 1.82) is 0 Å². The summed E-state index contributed by atoms with van der Waals surface area (Å²) in [5, 5.41) is 2.59. The molecule has 0 unspecified atom stereocenters. The lowest BCUT2D eigenvalue weighted by Crippen LogP contribution is -2.34. The third-order valence-corrected chi connectivity index (χ3v) is 3.63. The summed E-state index contributed by atoms with van der Waals surface area (Å²) in [5.74, 6) is 0.611. The van der Waals surface area contributed by atoms with E-state index in [1.54, 1.807) is 38.1 Å². The Kier molecular flexibility index (Phi) is 7.95. The third-order valence-electron chi connectivity index (χ3n) is 3.46. The number of ether oxygens (including phenoxy) is 2. The lowest BCUT2D eigenvalue weighted by atomic mass is 10.2. The molecule has 27 heavy (non-hydrogen) atoms. The van der Waals surface area contributed by atoms with Crippen molar-refractivity contribution in [3.05, 3.63) is 60.2 Å². The van der Waals surface area contributed by atoms with Gasteiger partial charge in [-0.1, -0.05) is 36.4 Å². The normalized spacial score (nSPS) is 10.4. The number of hydrogen-bond acceptors (Lipinski definition) is 4. The molecule has 2 rings (SSSR count). The Balaban J connectivity index is 2.02. The number of rotatable bonds is 7. The average Bonchev–Trinajstić information content (AvgIpc) is 2.61. The Morgan fingerprint density at radius 1 is 1.11 bits per heavy atom. The first kappa shape index (κ1) is 20.6. The van der Waals surface area contributed by atoms with Crippen molar-refractivity contribution >= 4 is 29.5 Å². The van der Waals surface area contributed by atoms with Gasteiger partial charge >= 0.3 is 12.2 Å². The largest absolute Gasteiger partial charge is 0.447 e. The van der Waals surface area contributed by atoms with Gasteiger partial charge < -0.3 is 14.4 Å². The molecule has 0 fully saturated rings. The zero-order valence-corrected chi connectivity index (χ0v) is 16.1. The molecule has 7 heteroatoms. The average molecular weight is 391 g/mol. The van der Waals surface area contributed by atoms with Crippen LogP contribution in [0.4, 0.5) is 15.3 Å². The fourth-order valence-corrected chi connectivity index (χ4v) is 2.51. The van der Waals surface area contributed by atoms with E-state index in [9.17, 15) is 9.59 Å². The topological polar surface area (TPSA) is 67.9 Å². The number of hydrogen-bond donors (Lipinski definition) is 1. The Morgan fingerprint density at radius 3 is 2.52 bits per heavy atom. The highest BCUT2D eigenvalue weighted by molar-refractivity contribution is 6.18. The molecule has 6 nitrogen and oxygen atoms in total. The molecule has 0 aliphatic heterocycles. The van der Waals surface area contributed by atoms with Crippen molar-refractivity contribution in [2.24, 2.45) is 0 Å². The van der Waals surface area contributed by atoms with Crippen LogP contribution in [0, 0.1) is 0 Å². The molecular weight excluding hydrogens is 368 g/mol. The number of anilines is 1. The molecule has 0 radical (unpaired) electrons. The number of nitrogens with zero attached hydrogens (tertiary/aromatic N) is 1. The summed E-state index contributed by atoms with van der Waals surface area (Å²) in [6.45, 7) is 4.27. The monoisotopic (exact) mass is 390 g/mol. The van der Waals surface area contributed by atoms with E-state index in [0.717, 1.165) is 5.56 Å². The zero-order chi connectivity index (χ0) is 19.6. The maximum absolute atomic E-state index is 12.5. The minimum Gasteiger partial charge on any atom is -0.447 e. The van der Waals surface area contributed by atoms with Gasteiger partial charge in [-0.15, -0.1) is 11.6 Å². The molecule has 144 valence electrons. The molecule has 2 amide bonds. The van der Waals surface area contributed by atoms with Gasteiger partial charge in [-0.3, -0.25) is 5.32 Å². The van der Waals surface area contributed by atoms with E-state index in [2.05, 4.69) is 5.32 Å². The molecule has 0 saturated heterocycles. The lowest BCUT2D eigenvalue weighted by Gasteiger charge is -2.21. The Bertz CT molecular complexity index is 753. The predicted octanol–water partition coefficient (Wildman–Crippen LogP) is 4.88. The summed E-state index contributed by atoms with van der Waals surface area (Å²) in [6, 6.07) is 16.1. The molecule has 2 aromatic rings. The van der Waals surface area contributed by atoms with Gasteiger partial charge in [0.05, 0.1) is 6.10 Å². The first-order valence-corrected chi connectivity index (χ1v) is 9.15. The van der Waals surface area contributed by atoms with Gasteiger partial charge in [0, 0.05) is 30.7 Å². The molecular formula is C20H23ClN2O4. The van der Waals surface area contributed by atoms with Crippen LogP contribution in [0.1, 0.15) is 19.4 Å². The fraction of sp³-hybridized carbons (Fsp3) is 0.300. The summed E-state index contributed by atoms with van der Waals surface area (Å²) >= 11 is 5.82. The van der Waals surface area contributed by atoms with Gasteiger partial charge in [0.1, 0.15) is 5.75 Å². The van der Waals surface area contributed by atoms with E-state index in [0.29, 0.717) is 30.4 Å². The van der Waals surface area contributed by atoms with Crippen molar-refractivity contribution in [2.45, 2.75) is 26.5 Å². The van der Waals surface area contributed by atoms with Gasteiger partial charge in [-0.2, -0.15) is 0 Å². The van der Waals surface area contributed by atoms with Gasteiger partial charge in [-0.25, -0.2) is 9.59 Å². The molecule has 0 saturated carbocycles. The molecule has 2 aromatic carbocycles. The first-order chi connectivity index (χ1) is 13.0. The lowest BCUT2D eigenvalue weighted by molar-refractivity contribution is 0.130. The van der Waals surface area contributed by atoms with Crippen LogP contribution in [0.15, 0.2) is 54.6 Å². The summed E-state index contributed by atoms with van der Waals surface area (Å²) in [7, 11) is 0. The van der Waals surface area contributed by atoms with E-state index >= 15 is 0 Å². The number of carbonyl (C=O) groups is 2. The van der Waals surface area contributed by atoms with Crippen molar-refractivity contribution in [1.82, 2.24) is 4.90 Å². The molecule has 1 N–H and O–H groups in total. The quantitative estimate of drug-likeness (QED) is 0.684. The standard InChI is InChI=1S/C20H23ClN2O4/c1-15(2)26-19(24)22-17-9-6-10-18(13-17)27-20(25)23(12-11-21)14-16-7-4-3-5-8-16/h3-10,13,15H,11-12,14H2,1-2H3,(H,22,24). The maximum atomic E-state index is 12.5. The number of carbonyl (C=O) groups excluding carboxylic acids is 2. The summed E-state index contributed by atoms with van der Waals surface area (Å²) in [5.41, 5.74) is 1.45. The second-order valence-electron chi connectivity index (χ2n) is 6.07. The number of amides is 2. The highest BCUT2D eigenvalue weighted by atomic mass is 35.5. The molecule has 0 aliphatic rings. The van der Waals surface area contributed by atoms with Crippen LogP contribution in [0.3, 0.4) is 0 Å². The van der Waals surface area contributed by atoms with Crippen molar-refractivity contribution in [3.63, 3.8) is 0 Å². The van der Waals surface area contributed by atoms with Crippen LogP contribution >= 0.6 is 11.6 Å². The van der Waals surface area contributed by atoms with Crippen molar-refractivity contribution in [3.8, 4) is 5.75 Å². The molecule has 0 heterocycles. The van der Waals surface area contributed by atoms with Crippen LogP contribution in [0.25, 0.3) is 0 Å². The Hall–Kier alpha value is -2.73.